The number of rotatable bonds is 9. The van der Waals surface area contributed by atoms with Crippen LogP contribution in [0, 0.1) is 0 Å². The van der Waals surface area contributed by atoms with E-state index in [1.54, 1.807) is 24.8 Å². The lowest BCUT2D eigenvalue weighted by molar-refractivity contribution is 0.131. The summed E-state index contributed by atoms with van der Waals surface area (Å²) < 4.78 is 16.3. The highest BCUT2D eigenvalue weighted by Crippen LogP contribution is 2.54. The van der Waals surface area contributed by atoms with Gasteiger partial charge in [-0.25, -0.2) is 0 Å². The van der Waals surface area contributed by atoms with Gasteiger partial charge in [-0.1, -0.05) is 18.5 Å². The maximum atomic E-state index is 6.21. The lowest BCUT2D eigenvalue weighted by Gasteiger charge is -2.27. The van der Waals surface area contributed by atoms with E-state index >= 15 is 0 Å². The summed E-state index contributed by atoms with van der Waals surface area (Å²) in [5.74, 6) is 0.981. The summed E-state index contributed by atoms with van der Waals surface area (Å²) in [7, 11) is 0. The van der Waals surface area contributed by atoms with Gasteiger partial charge in [0.25, 0.3) is 0 Å². The van der Waals surface area contributed by atoms with Crippen molar-refractivity contribution in [1.29, 1.82) is 0 Å². The van der Waals surface area contributed by atoms with Crippen molar-refractivity contribution in [3.63, 3.8) is 0 Å². The number of thioether (sulfide) groups is 1. The van der Waals surface area contributed by atoms with Gasteiger partial charge in [0.15, 0.2) is 5.06 Å². The Morgan fingerprint density at radius 3 is 2.24 bits per heavy atom. The number of halogens is 1. The van der Waals surface area contributed by atoms with Gasteiger partial charge in [-0.15, -0.1) is 11.8 Å². The molecule has 0 aromatic heterocycles. The SMILES string of the molecule is CCOP(=S)(OCC)OC(C)(Cl)C=CSCC. The van der Waals surface area contributed by atoms with E-state index in [0.29, 0.717) is 13.2 Å². The molecule has 0 N–H and O–H groups in total. The minimum absolute atomic E-state index is 0.442. The van der Waals surface area contributed by atoms with Crippen molar-refractivity contribution in [2.45, 2.75) is 32.8 Å². The molecule has 0 heterocycles. The second-order valence-corrected chi connectivity index (χ2v) is 7.99. The third kappa shape index (κ3) is 8.60. The van der Waals surface area contributed by atoms with E-state index in [0.717, 1.165) is 5.75 Å². The summed E-state index contributed by atoms with van der Waals surface area (Å²) in [5.41, 5.74) is 0. The first-order valence-electron chi connectivity index (χ1n) is 5.47. The van der Waals surface area contributed by atoms with Crippen molar-refractivity contribution in [3.8, 4) is 0 Å². The summed E-state index contributed by atoms with van der Waals surface area (Å²) in [6, 6.07) is 0. The van der Waals surface area contributed by atoms with Crippen molar-refractivity contribution in [2.75, 3.05) is 19.0 Å². The minimum Gasteiger partial charge on any atom is -0.309 e. The lowest BCUT2D eigenvalue weighted by Crippen LogP contribution is -2.18. The van der Waals surface area contributed by atoms with Crippen LogP contribution in [0.1, 0.15) is 27.7 Å². The van der Waals surface area contributed by atoms with E-state index in [1.165, 1.54) is 0 Å². The third-order valence-electron chi connectivity index (χ3n) is 1.49. The first-order chi connectivity index (χ1) is 7.89. The molecule has 0 aromatic carbocycles. The van der Waals surface area contributed by atoms with Gasteiger partial charge in [-0.2, -0.15) is 0 Å². The number of alkyl halides is 1. The lowest BCUT2D eigenvalue weighted by atomic mass is 10.4. The van der Waals surface area contributed by atoms with Crippen molar-refractivity contribution >= 4 is 41.9 Å². The van der Waals surface area contributed by atoms with Gasteiger partial charge < -0.3 is 9.05 Å². The molecule has 0 saturated heterocycles. The predicted molar refractivity (Wildman–Crippen MR) is 80.2 cm³/mol. The monoisotopic (exact) mass is 318 g/mol. The van der Waals surface area contributed by atoms with Gasteiger partial charge in [0.2, 0.25) is 0 Å². The third-order valence-corrected chi connectivity index (χ3v) is 5.07. The van der Waals surface area contributed by atoms with Crippen LogP contribution >= 0.6 is 30.1 Å². The average Bonchev–Trinajstić information content (AvgIpc) is 2.17. The highest BCUT2D eigenvalue weighted by atomic mass is 35.5. The van der Waals surface area contributed by atoms with E-state index in [2.05, 4.69) is 6.92 Å². The van der Waals surface area contributed by atoms with Gasteiger partial charge in [0.1, 0.15) is 0 Å². The first kappa shape index (κ1) is 17.9. The van der Waals surface area contributed by atoms with E-state index in [1.807, 2.05) is 19.3 Å². The van der Waals surface area contributed by atoms with Crippen LogP contribution in [0.15, 0.2) is 11.5 Å². The summed E-state index contributed by atoms with van der Waals surface area (Å²) in [6.07, 6.45) is 1.75. The van der Waals surface area contributed by atoms with Crippen LogP contribution in [0.2, 0.25) is 0 Å². The fourth-order valence-corrected chi connectivity index (χ4v) is 4.41. The van der Waals surface area contributed by atoms with Gasteiger partial charge in [0.05, 0.1) is 13.2 Å². The molecule has 0 bridgehead atoms. The second kappa shape index (κ2) is 8.92. The molecule has 17 heavy (non-hydrogen) atoms. The zero-order chi connectivity index (χ0) is 13.4. The highest BCUT2D eigenvalue weighted by molar-refractivity contribution is 8.07. The van der Waals surface area contributed by atoms with Crippen LogP contribution in [0.4, 0.5) is 0 Å². The molecule has 1 unspecified atom stereocenters. The zero-order valence-electron chi connectivity index (χ0n) is 10.6. The van der Waals surface area contributed by atoms with Gasteiger partial charge >= 0.3 is 6.72 Å². The first-order valence-corrected chi connectivity index (χ1v) is 9.45. The molecule has 0 rings (SSSR count). The Hall–Kier alpha value is 0.910. The molecule has 102 valence electrons. The summed E-state index contributed by atoms with van der Waals surface area (Å²) in [5, 5.41) is 0.895. The highest BCUT2D eigenvalue weighted by Gasteiger charge is 2.30. The topological polar surface area (TPSA) is 27.7 Å². The fourth-order valence-electron chi connectivity index (χ4n) is 0.921. The summed E-state index contributed by atoms with van der Waals surface area (Å²) in [4.78, 5) is 0. The Labute approximate surface area is 118 Å². The van der Waals surface area contributed by atoms with Gasteiger partial charge in [-0.05, 0) is 49.8 Å². The predicted octanol–water partition coefficient (Wildman–Crippen LogP) is 4.52. The molecule has 0 aliphatic carbocycles. The molecule has 0 amide bonds. The maximum Gasteiger partial charge on any atom is 0.329 e. The van der Waals surface area contributed by atoms with E-state index in [4.69, 9.17) is 37.0 Å². The molecule has 0 aliphatic heterocycles. The maximum absolute atomic E-state index is 6.21. The molecule has 0 saturated carbocycles. The quantitative estimate of drug-likeness (QED) is 0.460. The van der Waals surface area contributed by atoms with Gasteiger partial charge in [-0.3, -0.25) is 4.52 Å². The molecule has 0 radical (unpaired) electrons. The van der Waals surface area contributed by atoms with Crippen LogP contribution in [0.25, 0.3) is 0 Å². The normalized spacial score (nSPS) is 16.3. The Morgan fingerprint density at radius 1 is 1.29 bits per heavy atom. The van der Waals surface area contributed by atoms with Crippen molar-refractivity contribution in [2.24, 2.45) is 0 Å². The van der Waals surface area contributed by atoms with Gasteiger partial charge in [0, 0.05) is 0 Å². The van der Waals surface area contributed by atoms with Crippen LogP contribution in [0.5, 0.6) is 0 Å². The molecular weight excluding hydrogens is 299 g/mol. The van der Waals surface area contributed by atoms with Crippen LogP contribution in [-0.2, 0) is 25.4 Å². The standard InChI is InChI=1S/C10H20ClO3PS2/c1-5-12-15(16,13-6-2)14-10(4,11)8-9-17-7-3/h8-9H,5-7H2,1-4H3. The molecule has 0 fully saturated rings. The van der Waals surface area contributed by atoms with Crippen LogP contribution in [0.3, 0.4) is 0 Å². The number of hydrogen-bond acceptors (Lipinski definition) is 5. The van der Waals surface area contributed by atoms with Crippen molar-refractivity contribution in [1.82, 2.24) is 0 Å². The van der Waals surface area contributed by atoms with Crippen molar-refractivity contribution < 1.29 is 13.6 Å². The fraction of sp³-hybridized carbons (Fsp3) is 0.800. The Kier molecular flexibility index (Phi) is 9.39. The van der Waals surface area contributed by atoms with Crippen molar-refractivity contribution in [3.05, 3.63) is 11.5 Å². The molecule has 1 atom stereocenters. The molecule has 7 heteroatoms. The zero-order valence-corrected chi connectivity index (χ0v) is 13.9. The second-order valence-electron chi connectivity index (χ2n) is 3.12. The number of hydrogen-bond donors (Lipinski definition) is 0. The Morgan fingerprint density at radius 2 is 1.82 bits per heavy atom. The van der Waals surface area contributed by atoms with E-state index in [-0.39, 0.29) is 0 Å². The minimum atomic E-state index is -2.75. The molecular formula is C10H20ClO3PS2. The Balaban J connectivity index is 4.56. The molecule has 0 spiro atoms. The molecule has 0 aromatic rings. The van der Waals surface area contributed by atoms with E-state index < -0.39 is 11.8 Å². The Bertz CT molecular complexity index is 275. The summed E-state index contributed by atoms with van der Waals surface area (Å²) >= 11 is 13.1. The smallest absolute Gasteiger partial charge is 0.309 e. The van der Waals surface area contributed by atoms with Crippen LogP contribution in [-0.4, -0.2) is 24.0 Å². The summed E-state index contributed by atoms with van der Waals surface area (Å²) in [6.45, 7) is 5.61. The van der Waals surface area contributed by atoms with E-state index in [9.17, 15) is 0 Å². The molecule has 0 aliphatic rings. The van der Waals surface area contributed by atoms with Crippen LogP contribution < -0.4 is 0 Å². The average molecular weight is 319 g/mol. The largest absolute Gasteiger partial charge is 0.329 e. The molecule has 3 nitrogen and oxygen atoms in total.